The minimum Gasteiger partial charge on any atom is -0.480 e. The van der Waals surface area contributed by atoms with E-state index in [2.05, 4.69) is 17.9 Å². The van der Waals surface area contributed by atoms with E-state index in [-0.39, 0.29) is 17.6 Å². The summed E-state index contributed by atoms with van der Waals surface area (Å²) in [6.45, 7) is 4.75. The number of amides is 3. The zero-order valence-corrected chi connectivity index (χ0v) is 17.9. The second-order valence-corrected chi connectivity index (χ2v) is 8.56. The molecule has 0 aromatic carbocycles. The van der Waals surface area contributed by atoms with Gasteiger partial charge in [0.15, 0.2) is 0 Å². The average molecular weight is 429 g/mol. The van der Waals surface area contributed by atoms with Crippen molar-refractivity contribution in [1.29, 1.82) is 0 Å². The molecule has 9 nitrogen and oxygen atoms in total. The molecule has 29 heavy (non-hydrogen) atoms. The highest BCUT2D eigenvalue weighted by Gasteiger charge is 2.40. The Morgan fingerprint density at radius 3 is 2.14 bits per heavy atom. The molecule has 2 saturated heterocycles. The third kappa shape index (κ3) is 5.63. The van der Waals surface area contributed by atoms with E-state index < -0.39 is 42.0 Å². The summed E-state index contributed by atoms with van der Waals surface area (Å²) in [7, 11) is 0. The second-order valence-electron chi connectivity index (χ2n) is 8.20. The van der Waals surface area contributed by atoms with Crippen molar-refractivity contribution in [2.24, 2.45) is 11.7 Å². The van der Waals surface area contributed by atoms with Gasteiger partial charge in [-0.15, -0.1) is 0 Å². The fraction of sp³-hybridized carbons (Fsp3) is 0.789. The molecule has 2 rings (SSSR count). The summed E-state index contributed by atoms with van der Waals surface area (Å²) in [5.74, 6) is -1.88. The van der Waals surface area contributed by atoms with Crippen LogP contribution in [0.4, 0.5) is 0 Å². The molecule has 0 aromatic heterocycles. The van der Waals surface area contributed by atoms with Crippen molar-refractivity contribution in [3.05, 3.63) is 0 Å². The van der Waals surface area contributed by atoms with Crippen LogP contribution in [0.3, 0.4) is 0 Å². The summed E-state index contributed by atoms with van der Waals surface area (Å²) in [5, 5.41) is 12.0. The predicted molar refractivity (Wildman–Crippen MR) is 110 cm³/mol. The first-order valence-electron chi connectivity index (χ1n) is 10.2. The lowest BCUT2D eigenvalue weighted by Gasteiger charge is -2.30. The molecule has 0 radical (unpaired) electrons. The largest absolute Gasteiger partial charge is 0.480 e. The van der Waals surface area contributed by atoms with E-state index in [0.29, 0.717) is 45.2 Å². The third-order valence-corrected chi connectivity index (χ3v) is 5.86. The molecule has 10 heteroatoms. The Morgan fingerprint density at radius 1 is 1.07 bits per heavy atom. The van der Waals surface area contributed by atoms with Crippen LogP contribution in [0.5, 0.6) is 0 Å². The molecular formula is C19H32N4O5S. The summed E-state index contributed by atoms with van der Waals surface area (Å²) >= 11 is 4.17. The summed E-state index contributed by atoms with van der Waals surface area (Å²) in [5.41, 5.74) is 6.01. The Bertz CT molecular complexity index is 644. The van der Waals surface area contributed by atoms with E-state index in [1.54, 1.807) is 0 Å². The van der Waals surface area contributed by atoms with Gasteiger partial charge in [0, 0.05) is 18.8 Å². The number of aliphatic carboxylic acids is 1. The number of hydrogen-bond donors (Lipinski definition) is 4. The van der Waals surface area contributed by atoms with Crippen molar-refractivity contribution in [3.63, 3.8) is 0 Å². The maximum Gasteiger partial charge on any atom is 0.326 e. The van der Waals surface area contributed by atoms with Crippen LogP contribution in [-0.2, 0) is 19.2 Å². The van der Waals surface area contributed by atoms with Crippen LogP contribution in [0.1, 0.15) is 46.0 Å². The number of carbonyl (C=O) groups is 4. The number of nitrogens with two attached hydrogens (primary N) is 1. The number of nitrogens with one attached hydrogen (secondary N) is 1. The van der Waals surface area contributed by atoms with E-state index in [0.717, 1.165) is 0 Å². The highest BCUT2D eigenvalue weighted by atomic mass is 32.1. The van der Waals surface area contributed by atoms with Crippen molar-refractivity contribution >= 4 is 36.3 Å². The van der Waals surface area contributed by atoms with Gasteiger partial charge in [-0.1, -0.05) is 13.8 Å². The minimum atomic E-state index is -1.05. The normalized spacial score (nSPS) is 23.9. The van der Waals surface area contributed by atoms with Gasteiger partial charge in [-0.2, -0.15) is 12.6 Å². The Kier molecular flexibility index (Phi) is 8.33. The van der Waals surface area contributed by atoms with E-state index in [1.165, 1.54) is 9.80 Å². The van der Waals surface area contributed by atoms with Gasteiger partial charge in [-0.3, -0.25) is 14.4 Å². The smallest absolute Gasteiger partial charge is 0.326 e. The fourth-order valence-corrected chi connectivity index (χ4v) is 4.31. The number of carbonyl (C=O) groups excluding carboxylic acids is 3. The molecule has 0 spiro atoms. The van der Waals surface area contributed by atoms with E-state index in [4.69, 9.17) is 5.73 Å². The molecule has 2 heterocycles. The molecule has 4 unspecified atom stereocenters. The zero-order valence-electron chi connectivity index (χ0n) is 17.0. The number of hydrogen-bond acceptors (Lipinski definition) is 6. The van der Waals surface area contributed by atoms with Gasteiger partial charge in [0.2, 0.25) is 17.7 Å². The van der Waals surface area contributed by atoms with Crippen molar-refractivity contribution < 1.29 is 24.3 Å². The van der Waals surface area contributed by atoms with Gasteiger partial charge in [0.1, 0.15) is 18.1 Å². The summed E-state index contributed by atoms with van der Waals surface area (Å²) < 4.78 is 0. The van der Waals surface area contributed by atoms with E-state index >= 15 is 0 Å². The SMILES string of the molecule is CC(C)CC(N)C(=O)N1CCCC1C(=O)NC(CS)C(=O)N1CCCC1C(=O)O. The highest BCUT2D eigenvalue weighted by molar-refractivity contribution is 7.80. The first-order chi connectivity index (χ1) is 13.7. The molecular weight excluding hydrogens is 396 g/mol. The number of nitrogens with zero attached hydrogens (tertiary/aromatic N) is 2. The maximum atomic E-state index is 12.8. The quantitative estimate of drug-likeness (QED) is 0.397. The summed E-state index contributed by atoms with van der Waals surface area (Å²) in [4.78, 5) is 52.5. The number of carboxylic acid groups (broad SMARTS) is 1. The molecule has 4 N–H and O–H groups in total. The van der Waals surface area contributed by atoms with E-state index in [9.17, 15) is 24.3 Å². The van der Waals surface area contributed by atoms with Crippen molar-refractivity contribution in [1.82, 2.24) is 15.1 Å². The maximum absolute atomic E-state index is 12.8. The minimum absolute atomic E-state index is 0.0426. The van der Waals surface area contributed by atoms with Gasteiger partial charge in [-0.05, 0) is 38.0 Å². The summed E-state index contributed by atoms with van der Waals surface area (Å²) in [6, 6.07) is -3.15. The number of likely N-dealkylation sites (tertiary alicyclic amines) is 2. The van der Waals surface area contributed by atoms with Gasteiger partial charge in [-0.25, -0.2) is 4.79 Å². The molecule has 2 aliphatic heterocycles. The van der Waals surface area contributed by atoms with Crippen LogP contribution >= 0.6 is 12.6 Å². The number of rotatable bonds is 8. The van der Waals surface area contributed by atoms with Crippen LogP contribution in [0.25, 0.3) is 0 Å². The molecule has 0 saturated carbocycles. The Hall–Kier alpha value is -1.81. The first kappa shape index (κ1) is 23.5. The molecule has 0 aromatic rings. The Labute approximate surface area is 176 Å². The zero-order chi connectivity index (χ0) is 21.7. The standard InChI is InChI=1S/C19H32N4O5S/c1-11(2)9-12(20)17(25)22-7-3-5-14(22)16(24)21-13(10-29)18(26)23-8-4-6-15(23)19(27)28/h11-15,29H,3-10,20H2,1-2H3,(H,21,24)(H,27,28). The van der Waals surface area contributed by atoms with Crippen LogP contribution < -0.4 is 11.1 Å². The molecule has 2 fully saturated rings. The molecule has 4 atom stereocenters. The molecule has 0 bridgehead atoms. The molecule has 2 aliphatic rings. The van der Waals surface area contributed by atoms with Gasteiger partial charge in [0.25, 0.3) is 0 Å². The average Bonchev–Trinajstić information content (AvgIpc) is 3.33. The first-order valence-corrected chi connectivity index (χ1v) is 10.8. The topological polar surface area (TPSA) is 133 Å². The lowest BCUT2D eigenvalue weighted by atomic mass is 10.0. The van der Waals surface area contributed by atoms with Crippen molar-refractivity contribution in [2.45, 2.75) is 70.1 Å². The predicted octanol–water partition coefficient (Wildman–Crippen LogP) is -0.159. The van der Waals surface area contributed by atoms with Crippen LogP contribution in [0.15, 0.2) is 0 Å². The van der Waals surface area contributed by atoms with Crippen LogP contribution in [0.2, 0.25) is 0 Å². The van der Waals surface area contributed by atoms with E-state index in [1.807, 2.05) is 13.8 Å². The third-order valence-electron chi connectivity index (χ3n) is 5.50. The van der Waals surface area contributed by atoms with Crippen LogP contribution in [0, 0.1) is 5.92 Å². The van der Waals surface area contributed by atoms with Crippen molar-refractivity contribution in [3.8, 4) is 0 Å². The molecule has 164 valence electrons. The fourth-order valence-electron chi connectivity index (χ4n) is 4.07. The summed E-state index contributed by atoms with van der Waals surface area (Å²) in [6.07, 6.45) is 2.72. The highest BCUT2D eigenvalue weighted by Crippen LogP contribution is 2.21. The van der Waals surface area contributed by atoms with Crippen LogP contribution in [-0.4, -0.2) is 81.6 Å². The lowest BCUT2D eigenvalue weighted by molar-refractivity contribution is -0.149. The Balaban J connectivity index is 2.03. The molecule has 3 amide bonds. The second kappa shape index (κ2) is 10.3. The number of carboxylic acids is 1. The number of thiol groups is 1. The lowest BCUT2D eigenvalue weighted by Crippen LogP contribution is -2.57. The van der Waals surface area contributed by atoms with Gasteiger partial charge < -0.3 is 26.0 Å². The molecule has 0 aliphatic carbocycles. The Morgan fingerprint density at radius 2 is 1.62 bits per heavy atom. The van der Waals surface area contributed by atoms with Gasteiger partial charge in [0.05, 0.1) is 6.04 Å². The van der Waals surface area contributed by atoms with Gasteiger partial charge >= 0.3 is 5.97 Å². The van der Waals surface area contributed by atoms with Crippen molar-refractivity contribution in [2.75, 3.05) is 18.8 Å². The monoisotopic (exact) mass is 428 g/mol.